The predicted molar refractivity (Wildman–Crippen MR) is 115 cm³/mol. The minimum Gasteiger partial charge on any atom is -0.490 e. The van der Waals surface area contributed by atoms with Crippen molar-refractivity contribution in [3.63, 3.8) is 0 Å². The number of ether oxygens (including phenoxy) is 2. The number of oxime groups is 1. The Labute approximate surface area is 181 Å². The highest BCUT2D eigenvalue weighted by Crippen LogP contribution is 2.37. The fourth-order valence-electron chi connectivity index (χ4n) is 2.21. The maximum absolute atomic E-state index is 6.21. The lowest BCUT2D eigenvalue weighted by Crippen LogP contribution is -2.11. The van der Waals surface area contributed by atoms with Gasteiger partial charge in [0.15, 0.2) is 5.75 Å². The maximum Gasteiger partial charge on any atom is 0.156 e. The van der Waals surface area contributed by atoms with Crippen molar-refractivity contribution in [3.05, 3.63) is 32.7 Å². The summed E-state index contributed by atoms with van der Waals surface area (Å²) in [6, 6.07) is 3.24. The van der Waals surface area contributed by atoms with Gasteiger partial charge in [-0.15, -0.1) is 0 Å². The van der Waals surface area contributed by atoms with Crippen molar-refractivity contribution >= 4 is 52.1 Å². The summed E-state index contributed by atoms with van der Waals surface area (Å²) in [4.78, 5) is 5.32. The van der Waals surface area contributed by atoms with Crippen LogP contribution in [0.4, 0.5) is 0 Å². The van der Waals surface area contributed by atoms with Crippen LogP contribution in [0.25, 0.3) is 0 Å². The van der Waals surface area contributed by atoms with Crippen LogP contribution < -0.4 is 9.47 Å². The molecule has 0 bridgehead atoms. The Morgan fingerprint density at radius 3 is 2.26 bits per heavy atom. The molecule has 152 valence electrons. The van der Waals surface area contributed by atoms with E-state index in [-0.39, 0.29) is 16.5 Å². The van der Waals surface area contributed by atoms with E-state index in [1.54, 1.807) is 12.1 Å². The van der Waals surface area contributed by atoms with Gasteiger partial charge in [0, 0.05) is 18.6 Å². The molecule has 0 N–H and O–H groups in total. The van der Waals surface area contributed by atoms with Crippen molar-refractivity contribution in [2.75, 3.05) is 19.8 Å². The Morgan fingerprint density at radius 2 is 1.70 bits per heavy atom. The molecule has 27 heavy (non-hydrogen) atoms. The van der Waals surface area contributed by atoms with Gasteiger partial charge in [0.05, 0.1) is 22.4 Å². The minimum atomic E-state index is 0.132. The summed E-state index contributed by atoms with van der Waals surface area (Å²) < 4.78 is 11.2. The Hall–Kier alpha value is -0.810. The van der Waals surface area contributed by atoms with Crippen LogP contribution in [0.3, 0.4) is 0 Å². The molecule has 0 unspecified atom stereocenters. The van der Waals surface area contributed by atoms with Crippen molar-refractivity contribution in [1.82, 2.24) is 0 Å². The zero-order valence-corrected chi connectivity index (χ0v) is 19.0. The lowest BCUT2D eigenvalue weighted by Gasteiger charge is -2.17. The van der Waals surface area contributed by atoms with Gasteiger partial charge in [-0.1, -0.05) is 72.3 Å². The highest BCUT2D eigenvalue weighted by atomic mass is 35.5. The number of rotatable bonds is 10. The summed E-state index contributed by atoms with van der Waals surface area (Å²) in [5, 5.41) is 4.83. The lowest BCUT2D eigenvalue weighted by atomic mass is 9.90. The average molecular weight is 457 g/mol. The van der Waals surface area contributed by atoms with Crippen LogP contribution in [0.1, 0.15) is 40.5 Å². The highest BCUT2D eigenvalue weighted by Gasteiger charge is 2.12. The number of hydrogen-bond donors (Lipinski definition) is 0. The first kappa shape index (κ1) is 24.2. The normalized spacial score (nSPS) is 11.9. The van der Waals surface area contributed by atoms with Crippen LogP contribution in [-0.4, -0.2) is 25.5 Å². The second kappa shape index (κ2) is 11.9. The van der Waals surface area contributed by atoms with Gasteiger partial charge in [0.25, 0.3) is 0 Å². The first-order valence-electron chi connectivity index (χ1n) is 8.50. The molecule has 0 aromatic heterocycles. The van der Waals surface area contributed by atoms with Crippen LogP contribution in [-0.2, 0) is 4.84 Å². The smallest absolute Gasteiger partial charge is 0.156 e. The van der Waals surface area contributed by atoms with E-state index in [9.17, 15) is 0 Å². The largest absolute Gasteiger partial charge is 0.490 e. The third kappa shape index (κ3) is 10.9. The van der Waals surface area contributed by atoms with Crippen LogP contribution in [0.2, 0.25) is 10.0 Å². The predicted octanol–water partition coefficient (Wildman–Crippen LogP) is 7.29. The molecular formula is C19H25Cl4NO3. The molecule has 0 aliphatic rings. The zero-order valence-electron chi connectivity index (χ0n) is 16.0. The summed E-state index contributed by atoms with van der Waals surface area (Å²) >= 11 is 23.5. The van der Waals surface area contributed by atoms with Gasteiger partial charge in [0.1, 0.15) is 23.5 Å². The summed E-state index contributed by atoms with van der Waals surface area (Å²) in [5.41, 5.74) is 1.16. The summed E-state index contributed by atoms with van der Waals surface area (Å²) in [7, 11) is 0. The minimum absolute atomic E-state index is 0.132. The molecule has 4 nitrogen and oxygen atoms in total. The monoisotopic (exact) mass is 455 g/mol. The van der Waals surface area contributed by atoms with E-state index in [0.717, 1.165) is 12.1 Å². The van der Waals surface area contributed by atoms with Crippen molar-refractivity contribution in [2.45, 2.75) is 40.5 Å². The molecule has 8 heteroatoms. The van der Waals surface area contributed by atoms with Gasteiger partial charge >= 0.3 is 0 Å². The first-order valence-corrected chi connectivity index (χ1v) is 10.0. The number of nitrogens with zero attached hydrogens (tertiary/aromatic N) is 1. The van der Waals surface area contributed by atoms with Gasteiger partial charge in [-0.3, -0.25) is 0 Å². The molecule has 0 amide bonds. The Bertz CT molecular complexity index is 642. The van der Waals surface area contributed by atoms with E-state index < -0.39 is 0 Å². The van der Waals surface area contributed by atoms with E-state index in [0.29, 0.717) is 41.2 Å². The van der Waals surface area contributed by atoms with Crippen LogP contribution >= 0.6 is 46.4 Å². The van der Waals surface area contributed by atoms with Crippen LogP contribution in [0.15, 0.2) is 27.9 Å². The Morgan fingerprint density at radius 1 is 1.07 bits per heavy atom. The molecule has 0 heterocycles. The second-order valence-corrected chi connectivity index (χ2v) is 8.94. The fourth-order valence-corrected chi connectivity index (χ4v) is 2.91. The quantitative estimate of drug-likeness (QED) is 0.211. The molecule has 1 aromatic carbocycles. The molecule has 0 radical (unpaired) electrons. The van der Waals surface area contributed by atoms with E-state index >= 15 is 0 Å². The molecule has 1 aromatic rings. The van der Waals surface area contributed by atoms with E-state index in [4.69, 9.17) is 60.7 Å². The summed E-state index contributed by atoms with van der Waals surface area (Å²) in [6.07, 6.45) is 3.05. The van der Waals surface area contributed by atoms with Crippen LogP contribution in [0, 0.1) is 5.41 Å². The van der Waals surface area contributed by atoms with Gasteiger partial charge in [0.2, 0.25) is 0 Å². The van der Waals surface area contributed by atoms with E-state index in [1.165, 1.54) is 6.08 Å². The van der Waals surface area contributed by atoms with E-state index in [1.807, 2.05) is 6.92 Å². The topological polar surface area (TPSA) is 40.0 Å². The molecule has 0 saturated carbocycles. The SMILES string of the molecule is CC(CC(C)(C)C)=NOCCCOc1c(Cl)cc(OCC=C(Cl)Cl)cc1Cl. The third-order valence-corrected chi connectivity index (χ3v) is 3.96. The van der Waals surface area contributed by atoms with Gasteiger partial charge < -0.3 is 14.3 Å². The molecule has 0 saturated heterocycles. The van der Waals surface area contributed by atoms with Crippen molar-refractivity contribution < 1.29 is 14.3 Å². The molecule has 0 aliphatic heterocycles. The number of hydrogen-bond acceptors (Lipinski definition) is 4. The van der Waals surface area contributed by atoms with Crippen LogP contribution in [0.5, 0.6) is 11.5 Å². The lowest BCUT2D eigenvalue weighted by molar-refractivity contribution is 0.126. The second-order valence-electron chi connectivity index (χ2n) is 7.12. The van der Waals surface area contributed by atoms with Crippen molar-refractivity contribution in [3.8, 4) is 11.5 Å². The van der Waals surface area contributed by atoms with Gasteiger partial charge in [-0.2, -0.15) is 0 Å². The Kier molecular flexibility index (Phi) is 10.7. The third-order valence-electron chi connectivity index (χ3n) is 3.09. The fraction of sp³-hybridized carbons (Fsp3) is 0.526. The van der Waals surface area contributed by atoms with Crippen molar-refractivity contribution in [2.24, 2.45) is 10.6 Å². The average Bonchev–Trinajstić information content (AvgIpc) is 2.50. The molecule has 0 spiro atoms. The zero-order chi connectivity index (χ0) is 20.4. The molecule has 0 aliphatic carbocycles. The van der Waals surface area contributed by atoms with Gasteiger partial charge in [-0.05, 0) is 24.8 Å². The summed E-state index contributed by atoms with van der Waals surface area (Å²) in [5.74, 6) is 0.902. The molecule has 0 fully saturated rings. The van der Waals surface area contributed by atoms with Crippen molar-refractivity contribution in [1.29, 1.82) is 0 Å². The number of halogens is 4. The maximum atomic E-state index is 6.21. The Balaban J connectivity index is 2.42. The standard InChI is InChI=1S/C19H25Cl4NO3/c1-13(12-19(2,3)4)24-27-8-5-7-26-18-15(20)10-14(11-16(18)21)25-9-6-17(22)23/h6,10-11H,5,7-9,12H2,1-4H3. The first-order chi connectivity index (χ1) is 12.6. The highest BCUT2D eigenvalue weighted by molar-refractivity contribution is 6.55. The number of benzene rings is 1. The molecule has 1 rings (SSSR count). The molecule has 0 atom stereocenters. The van der Waals surface area contributed by atoms with E-state index in [2.05, 4.69) is 25.9 Å². The van der Waals surface area contributed by atoms with Gasteiger partial charge in [-0.25, -0.2) is 0 Å². The summed E-state index contributed by atoms with van der Waals surface area (Å²) in [6.45, 7) is 9.50. The molecular weight excluding hydrogens is 432 g/mol.